The Balaban J connectivity index is 2.18. The van der Waals surface area contributed by atoms with E-state index in [1.807, 2.05) is 4.90 Å². The van der Waals surface area contributed by atoms with Gasteiger partial charge in [-0.15, -0.1) is 11.6 Å². The Hall–Kier alpha value is -1.29. The number of hydrogen-bond donors (Lipinski definition) is 1. The SMILES string of the molecule is O=C(c1ccc(=O)[nH]c1)N1CCCCC1CCl. The molecule has 1 unspecified atom stereocenters. The van der Waals surface area contributed by atoms with Crippen LogP contribution in [0.5, 0.6) is 0 Å². The number of nitrogens with one attached hydrogen (secondary N) is 1. The molecule has 0 aliphatic carbocycles. The van der Waals surface area contributed by atoms with Crippen LogP contribution < -0.4 is 5.56 Å². The zero-order valence-corrected chi connectivity index (χ0v) is 10.2. The van der Waals surface area contributed by atoms with Gasteiger partial charge >= 0.3 is 0 Å². The number of nitrogens with zero attached hydrogens (tertiary/aromatic N) is 1. The summed E-state index contributed by atoms with van der Waals surface area (Å²) in [6.45, 7) is 0.745. The van der Waals surface area contributed by atoms with E-state index in [0.29, 0.717) is 11.4 Å². The smallest absolute Gasteiger partial charge is 0.255 e. The number of rotatable bonds is 2. The van der Waals surface area contributed by atoms with E-state index in [1.165, 1.54) is 12.3 Å². The van der Waals surface area contributed by atoms with Crippen LogP contribution >= 0.6 is 11.6 Å². The molecule has 1 saturated heterocycles. The number of amides is 1. The number of alkyl halides is 1. The molecular weight excluding hydrogens is 240 g/mol. The fourth-order valence-electron chi connectivity index (χ4n) is 2.14. The van der Waals surface area contributed by atoms with Crippen LogP contribution in [0.4, 0.5) is 0 Å². The standard InChI is InChI=1S/C12H15ClN2O2/c13-7-10-3-1-2-6-15(10)12(17)9-4-5-11(16)14-8-9/h4-5,8,10H,1-3,6-7H2,(H,14,16). The normalized spacial score (nSPS) is 20.3. The van der Waals surface area contributed by atoms with Gasteiger partial charge < -0.3 is 9.88 Å². The zero-order valence-electron chi connectivity index (χ0n) is 9.49. The molecule has 5 heteroatoms. The number of carbonyl (C=O) groups is 1. The number of carbonyl (C=O) groups excluding carboxylic acids is 1. The van der Waals surface area contributed by atoms with Gasteiger partial charge in [0.1, 0.15) is 0 Å². The van der Waals surface area contributed by atoms with E-state index in [9.17, 15) is 9.59 Å². The molecule has 2 heterocycles. The predicted molar refractivity (Wildman–Crippen MR) is 66.5 cm³/mol. The average molecular weight is 255 g/mol. The first kappa shape index (κ1) is 12.2. The highest BCUT2D eigenvalue weighted by Gasteiger charge is 2.26. The van der Waals surface area contributed by atoms with Crippen LogP contribution in [0.25, 0.3) is 0 Å². The lowest BCUT2D eigenvalue weighted by Crippen LogP contribution is -2.44. The highest BCUT2D eigenvalue weighted by atomic mass is 35.5. The molecule has 0 aromatic carbocycles. The number of aromatic nitrogens is 1. The summed E-state index contributed by atoms with van der Waals surface area (Å²) in [7, 11) is 0. The number of piperidine rings is 1. The van der Waals surface area contributed by atoms with E-state index < -0.39 is 0 Å². The Labute approximate surface area is 105 Å². The topological polar surface area (TPSA) is 53.2 Å². The average Bonchev–Trinajstić information content (AvgIpc) is 2.39. The van der Waals surface area contributed by atoms with Crippen LogP contribution in [-0.2, 0) is 0 Å². The summed E-state index contributed by atoms with van der Waals surface area (Å²) in [6.07, 6.45) is 4.55. The van der Waals surface area contributed by atoms with Crippen LogP contribution in [0, 0.1) is 0 Å². The molecule has 0 radical (unpaired) electrons. The predicted octanol–water partition coefficient (Wildman–Crippen LogP) is 1.61. The summed E-state index contributed by atoms with van der Waals surface area (Å²) >= 11 is 5.88. The monoisotopic (exact) mass is 254 g/mol. The maximum Gasteiger partial charge on any atom is 0.255 e. The molecule has 1 aromatic rings. The number of halogens is 1. The van der Waals surface area contributed by atoms with Crippen LogP contribution in [0.3, 0.4) is 0 Å². The van der Waals surface area contributed by atoms with Gasteiger partial charge in [-0.2, -0.15) is 0 Å². The molecule has 92 valence electrons. The fraction of sp³-hybridized carbons (Fsp3) is 0.500. The Morgan fingerprint density at radius 1 is 1.47 bits per heavy atom. The van der Waals surface area contributed by atoms with E-state index in [1.54, 1.807) is 6.07 Å². The van der Waals surface area contributed by atoms with Gasteiger partial charge in [-0.05, 0) is 25.3 Å². The first-order chi connectivity index (χ1) is 8.22. The minimum atomic E-state index is -0.200. The van der Waals surface area contributed by atoms with Crippen molar-refractivity contribution in [3.05, 3.63) is 34.2 Å². The first-order valence-corrected chi connectivity index (χ1v) is 6.31. The Bertz CT molecular complexity index is 438. The van der Waals surface area contributed by atoms with Crippen LogP contribution in [0.2, 0.25) is 0 Å². The third-order valence-corrected chi connectivity index (χ3v) is 3.45. The lowest BCUT2D eigenvalue weighted by Gasteiger charge is -2.34. The second kappa shape index (κ2) is 5.36. The minimum absolute atomic E-state index is 0.0494. The van der Waals surface area contributed by atoms with E-state index in [2.05, 4.69) is 4.98 Å². The maximum atomic E-state index is 12.2. The number of pyridine rings is 1. The molecule has 1 aliphatic heterocycles. The van der Waals surface area contributed by atoms with Gasteiger partial charge in [0.15, 0.2) is 0 Å². The van der Waals surface area contributed by atoms with E-state index in [0.717, 1.165) is 25.8 Å². The second-order valence-corrected chi connectivity index (χ2v) is 4.55. The minimum Gasteiger partial charge on any atom is -0.334 e. The summed E-state index contributed by atoms with van der Waals surface area (Å²) in [6, 6.07) is 3.04. The van der Waals surface area contributed by atoms with Crippen molar-refractivity contribution in [1.82, 2.24) is 9.88 Å². The summed E-state index contributed by atoms with van der Waals surface area (Å²) in [4.78, 5) is 27.5. The number of likely N-dealkylation sites (tertiary alicyclic amines) is 1. The molecular formula is C12H15ClN2O2. The highest BCUT2D eigenvalue weighted by Crippen LogP contribution is 2.20. The quantitative estimate of drug-likeness (QED) is 0.816. The molecule has 1 fully saturated rings. The Morgan fingerprint density at radius 3 is 2.94 bits per heavy atom. The number of H-pyrrole nitrogens is 1. The van der Waals surface area contributed by atoms with E-state index in [-0.39, 0.29) is 17.5 Å². The van der Waals surface area contributed by atoms with Gasteiger partial charge in [-0.1, -0.05) is 0 Å². The summed E-state index contributed by atoms with van der Waals surface area (Å²) in [5.74, 6) is 0.418. The molecule has 1 atom stereocenters. The van der Waals surface area contributed by atoms with Crippen molar-refractivity contribution in [1.29, 1.82) is 0 Å². The van der Waals surface area contributed by atoms with E-state index in [4.69, 9.17) is 11.6 Å². The summed E-state index contributed by atoms with van der Waals surface area (Å²) in [5.41, 5.74) is 0.315. The largest absolute Gasteiger partial charge is 0.334 e. The van der Waals surface area contributed by atoms with Gasteiger partial charge in [-0.3, -0.25) is 9.59 Å². The zero-order chi connectivity index (χ0) is 12.3. The van der Waals surface area contributed by atoms with Crippen LogP contribution in [0.1, 0.15) is 29.6 Å². The van der Waals surface area contributed by atoms with Gasteiger partial charge in [-0.25, -0.2) is 0 Å². The Kier molecular flexibility index (Phi) is 3.84. The van der Waals surface area contributed by atoms with Crippen molar-refractivity contribution >= 4 is 17.5 Å². The molecule has 2 rings (SSSR count). The van der Waals surface area contributed by atoms with Crippen molar-refractivity contribution in [2.45, 2.75) is 25.3 Å². The fourth-order valence-corrected chi connectivity index (χ4v) is 2.46. The summed E-state index contributed by atoms with van der Waals surface area (Å²) < 4.78 is 0. The van der Waals surface area contributed by atoms with Gasteiger partial charge in [0, 0.05) is 30.7 Å². The van der Waals surface area contributed by atoms with Crippen molar-refractivity contribution in [2.75, 3.05) is 12.4 Å². The van der Waals surface area contributed by atoms with Crippen LogP contribution in [0.15, 0.2) is 23.1 Å². The number of hydrogen-bond acceptors (Lipinski definition) is 2. The van der Waals surface area contributed by atoms with E-state index >= 15 is 0 Å². The van der Waals surface area contributed by atoms with Crippen molar-refractivity contribution in [2.24, 2.45) is 0 Å². The molecule has 1 amide bonds. The first-order valence-electron chi connectivity index (χ1n) is 5.78. The molecule has 1 aliphatic rings. The van der Waals surface area contributed by atoms with Crippen LogP contribution in [-0.4, -0.2) is 34.3 Å². The van der Waals surface area contributed by atoms with Gasteiger partial charge in [0.05, 0.1) is 5.56 Å². The molecule has 0 bridgehead atoms. The second-order valence-electron chi connectivity index (χ2n) is 4.24. The number of aromatic amines is 1. The molecule has 1 N–H and O–H groups in total. The Morgan fingerprint density at radius 2 is 2.29 bits per heavy atom. The lowest BCUT2D eigenvalue weighted by molar-refractivity contribution is 0.0638. The van der Waals surface area contributed by atoms with Gasteiger partial charge in [0.25, 0.3) is 5.91 Å². The van der Waals surface area contributed by atoms with Crippen molar-refractivity contribution < 1.29 is 4.79 Å². The molecule has 0 saturated carbocycles. The third-order valence-electron chi connectivity index (χ3n) is 3.10. The molecule has 4 nitrogen and oxygen atoms in total. The van der Waals surface area contributed by atoms with Crippen molar-refractivity contribution in [3.63, 3.8) is 0 Å². The third kappa shape index (κ3) is 2.69. The van der Waals surface area contributed by atoms with Gasteiger partial charge in [0.2, 0.25) is 5.56 Å². The van der Waals surface area contributed by atoms with Crippen molar-refractivity contribution in [3.8, 4) is 0 Å². The molecule has 0 spiro atoms. The maximum absolute atomic E-state index is 12.2. The summed E-state index contributed by atoms with van der Waals surface area (Å²) in [5, 5.41) is 0. The lowest BCUT2D eigenvalue weighted by atomic mass is 10.0. The molecule has 17 heavy (non-hydrogen) atoms. The highest BCUT2D eigenvalue weighted by molar-refractivity contribution is 6.18. The molecule has 1 aromatic heterocycles.